The zero-order valence-electron chi connectivity index (χ0n) is 14.7. The number of hydrogen-bond acceptors (Lipinski definition) is 4. The van der Waals surface area contributed by atoms with Gasteiger partial charge < -0.3 is 10.6 Å². The van der Waals surface area contributed by atoms with Crippen LogP contribution in [0.2, 0.25) is 0 Å². The molecule has 2 aromatic rings. The van der Waals surface area contributed by atoms with Gasteiger partial charge in [-0.05, 0) is 29.8 Å². The smallest absolute Gasteiger partial charge is 0.343 e. The van der Waals surface area contributed by atoms with E-state index in [1.165, 1.54) is 48.5 Å². The van der Waals surface area contributed by atoms with Gasteiger partial charge in [-0.1, -0.05) is 24.3 Å². The number of benzene rings is 2. The average Bonchev–Trinajstić information content (AvgIpc) is 2.58. The monoisotopic (exact) mass is 414 g/mol. The fourth-order valence-electron chi connectivity index (χ4n) is 2.32. The minimum Gasteiger partial charge on any atom is -0.343 e. The van der Waals surface area contributed by atoms with Crippen molar-refractivity contribution < 1.29 is 31.2 Å². The van der Waals surface area contributed by atoms with Crippen LogP contribution in [0.25, 0.3) is 0 Å². The lowest BCUT2D eigenvalue weighted by molar-refractivity contribution is -0.123. The van der Waals surface area contributed by atoms with E-state index in [1.54, 1.807) is 5.32 Å². The molecule has 150 valence electrons. The van der Waals surface area contributed by atoms with Gasteiger partial charge in [0.05, 0.1) is 17.0 Å². The lowest BCUT2D eigenvalue weighted by Gasteiger charge is -2.12. The molecule has 2 N–H and O–H groups in total. The Labute approximate surface area is 159 Å². The molecule has 0 saturated carbocycles. The molecule has 2 amide bonds. The summed E-state index contributed by atoms with van der Waals surface area (Å²) in [6.07, 6.45) is -3.46. The van der Waals surface area contributed by atoms with Gasteiger partial charge in [-0.25, -0.2) is 8.42 Å². The fourth-order valence-corrected chi connectivity index (χ4v) is 3.11. The number of para-hydroxylation sites is 1. The van der Waals surface area contributed by atoms with E-state index in [-0.39, 0.29) is 22.6 Å². The van der Waals surface area contributed by atoms with Crippen LogP contribution in [0.3, 0.4) is 0 Å². The van der Waals surface area contributed by atoms with Crippen LogP contribution in [0.4, 0.5) is 18.9 Å². The van der Waals surface area contributed by atoms with E-state index in [2.05, 4.69) is 5.32 Å². The fraction of sp³-hybridized carbons (Fsp3) is 0.222. The van der Waals surface area contributed by atoms with Crippen molar-refractivity contribution in [2.45, 2.75) is 11.9 Å². The largest absolute Gasteiger partial charge is 0.405 e. The van der Waals surface area contributed by atoms with E-state index in [4.69, 9.17) is 0 Å². The van der Waals surface area contributed by atoms with Crippen LogP contribution in [0, 0.1) is 0 Å². The highest BCUT2D eigenvalue weighted by atomic mass is 32.2. The number of sulfone groups is 1. The summed E-state index contributed by atoms with van der Waals surface area (Å²) in [4.78, 5) is 24.3. The van der Waals surface area contributed by atoms with Gasteiger partial charge in [0.1, 0.15) is 6.54 Å². The summed E-state index contributed by atoms with van der Waals surface area (Å²) in [6, 6.07) is 11.5. The topological polar surface area (TPSA) is 92.3 Å². The third-order valence-corrected chi connectivity index (χ3v) is 4.37. The number of alkyl halides is 3. The quantitative estimate of drug-likeness (QED) is 0.760. The number of halogens is 3. The second-order valence-corrected chi connectivity index (χ2v) is 8.20. The van der Waals surface area contributed by atoms with Gasteiger partial charge in [0.25, 0.3) is 11.8 Å². The Hall–Kier alpha value is -2.88. The number of rotatable bonds is 6. The highest BCUT2D eigenvalue weighted by Crippen LogP contribution is 2.18. The summed E-state index contributed by atoms with van der Waals surface area (Å²) in [6.45, 7) is -1.49. The van der Waals surface area contributed by atoms with E-state index < -0.39 is 34.4 Å². The van der Waals surface area contributed by atoms with E-state index in [1.807, 2.05) is 0 Å². The van der Waals surface area contributed by atoms with Crippen molar-refractivity contribution in [3.8, 4) is 0 Å². The first-order valence-corrected chi connectivity index (χ1v) is 10.0. The van der Waals surface area contributed by atoms with Crippen molar-refractivity contribution in [1.29, 1.82) is 0 Å². The Morgan fingerprint density at radius 1 is 0.964 bits per heavy atom. The Balaban J connectivity index is 2.13. The molecule has 0 radical (unpaired) electrons. The highest BCUT2D eigenvalue weighted by Gasteiger charge is 2.28. The van der Waals surface area contributed by atoms with Gasteiger partial charge in [0, 0.05) is 11.8 Å². The van der Waals surface area contributed by atoms with E-state index in [0.717, 1.165) is 6.26 Å². The van der Waals surface area contributed by atoms with Crippen molar-refractivity contribution in [3.63, 3.8) is 0 Å². The second kappa shape index (κ2) is 8.42. The van der Waals surface area contributed by atoms with E-state index in [9.17, 15) is 31.2 Å². The number of carbonyl (C=O) groups is 2. The molecule has 0 fully saturated rings. The van der Waals surface area contributed by atoms with Gasteiger partial charge in [0.2, 0.25) is 0 Å². The molecule has 10 heteroatoms. The number of hydrogen-bond donors (Lipinski definition) is 2. The molecule has 0 aliphatic rings. The van der Waals surface area contributed by atoms with Crippen LogP contribution in [0.15, 0.2) is 48.5 Å². The molecule has 0 aliphatic carbocycles. The van der Waals surface area contributed by atoms with Crippen LogP contribution in [0.5, 0.6) is 0 Å². The summed E-state index contributed by atoms with van der Waals surface area (Å²) in [7, 11) is -3.22. The third-order valence-electron chi connectivity index (χ3n) is 3.51. The molecule has 6 nitrogen and oxygen atoms in total. The Morgan fingerprint density at radius 3 is 2.14 bits per heavy atom. The van der Waals surface area contributed by atoms with E-state index >= 15 is 0 Å². The molecule has 0 aromatic heterocycles. The van der Waals surface area contributed by atoms with Crippen molar-refractivity contribution in [2.24, 2.45) is 0 Å². The molecule has 0 bridgehead atoms. The molecule has 0 heterocycles. The summed E-state index contributed by atoms with van der Waals surface area (Å²) in [5.74, 6) is -1.74. The highest BCUT2D eigenvalue weighted by molar-refractivity contribution is 7.89. The summed E-state index contributed by atoms with van der Waals surface area (Å²) < 4.78 is 59.4. The number of anilines is 1. The molecule has 0 aliphatic heterocycles. The van der Waals surface area contributed by atoms with Crippen LogP contribution >= 0.6 is 0 Å². The molecular weight excluding hydrogens is 397 g/mol. The predicted molar refractivity (Wildman–Crippen MR) is 97.8 cm³/mol. The third kappa shape index (κ3) is 6.69. The first kappa shape index (κ1) is 21.4. The maximum absolute atomic E-state index is 12.4. The summed E-state index contributed by atoms with van der Waals surface area (Å²) in [5, 5.41) is 4.22. The number of amides is 2. The SMILES string of the molecule is CS(=O)(=O)Cc1ccc(C(=O)Nc2ccccc2C(=O)NCC(F)(F)F)cc1. The van der Waals surface area contributed by atoms with Gasteiger partial charge in [-0.3, -0.25) is 9.59 Å². The lowest BCUT2D eigenvalue weighted by atomic mass is 10.1. The lowest BCUT2D eigenvalue weighted by Crippen LogP contribution is -2.34. The van der Waals surface area contributed by atoms with Crippen LogP contribution < -0.4 is 10.6 Å². The van der Waals surface area contributed by atoms with Crippen molar-refractivity contribution >= 4 is 27.3 Å². The normalized spacial score (nSPS) is 11.7. The Bertz CT molecular complexity index is 971. The van der Waals surface area contributed by atoms with Crippen molar-refractivity contribution in [3.05, 3.63) is 65.2 Å². The summed E-state index contributed by atoms with van der Waals surface area (Å²) >= 11 is 0. The minimum absolute atomic E-state index is 0.0485. The summed E-state index contributed by atoms with van der Waals surface area (Å²) in [5.41, 5.74) is 0.634. The van der Waals surface area contributed by atoms with Gasteiger partial charge >= 0.3 is 6.18 Å². The molecule has 0 saturated heterocycles. The molecule has 0 spiro atoms. The molecule has 0 unspecified atom stereocenters. The zero-order chi connectivity index (χ0) is 20.9. The first-order chi connectivity index (χ1) is 12.9. The maximum atomic E-state index is 12.4. The second-order valence-electron chi connectivity index (χ2n) is 6.06. The molecule has 2 aromatic carbocycles. The van der Waals surface area contributed by atoms with Gasteiger partial charge in [-0.2, -0.15) is 13.2 Å². The van der Waals surface area contributed by atoms with Crippen LogP contribution in [-0.2, 0) is 15.6 Å². The van der Waals surface area contributed by atoms with Crippen LogP contribution in [-0.4, -0.2) is 39.2 Å². The minimum atomic E-state index is -4.55. The first-order valence-electron chi connectivity index (χ1n) is 7.96. The van der Waals surface area contributed by atoms with Gasteiger partial charge in [-0.15, -0.1) is 0 Å². The van der Waals surface area contributed by atoms with Crippen molar-refractivity contribution in [2.75, 3.05) is 18.1 Å². The zero-order valence-corrected chi connectivity index (χ0v) is 15.5. The maximum Gasteiger partial charge on any atom is 0.405 e. The number of carbonyl (C=O) groups excluding carboxylic acids is 2. The average molecular weight is 414 g/mol. The molecule has 0 atom stereocenters. The van der Waals surface area contributed by atoms with Crippen LogP contribution in [0.1, 0.15) is 26.3 Å². The molecule has 28 heavy (non-hydrogen) atoms. The van der Waals surface area contributed by atoms with Crippen molar-refractivity contribution in [1.82, 2.24) is 5.32 Å². The van der Waals surface area contributed by atoms with E-state index in [0.29, 0.717) is 5.56 Å². The van der Waals surface area contributed by atoms with Gasteiger partial charge in [0.15, 0.2) is 9.84 Å². The molecule has 2 rings (SSSR count). The standard InChI is InChI=1S/C18H17F3N2O4S/c1-28(26,27)10-12-6-8-13(9-7-12)16(24)23-15-5-3-2-4-14(15)17(25)22-11-18(19,20)21/h2-9H,10-11H2,1H3,(H,22,25)(H,23,24). The number of nitrogens with one attached hydrogen (secondary N) is 2. The Kier molecular flexibility index (Phi) is 6.45. The predicted octanol–water partition coefficient (Wildman–Crippen LogP) is 2.78. The molecular formula is C18H17F3N2O4S. The Morgan fingerprint density at radius 2 is 1.57 bits per heavy atom.